The molecule has 132 valence electrons. The zero-order chi connectivity index (χ0) is 18.4. The third kappa shape index (κ3) is 4.66. The number of carbonyl (C=O) groups excluding carboxylic acids is 1. The van der Waals surface area contributed by atoms with Gasteiger partial charge >= 0.3 is 0 Å². The van der Waals surface area contributed by atoms with Crippen LogP contribution in [0.5, 0.6) is 5.75 Å². The van der Waals surface area contributed by atoms with Crippen LogP contribution in [0, 0.1) is 6.92 Å². The van der Waals surface area contributed by atoms with E-state index in [2.05, 4.69) is 15.3 Å². The number of aromatic nitrogens is 2. The molecule has 0 radical (unpaired) electrons. The lowest BCUT2D eigenvalue weighted by Gasteiger charge is -2.15. The van der Waals surface area contributed by atoms with Crippen molar-refractivity contribution in [3.8, 4) is 5.75 Å². The Hall–Kier alpha value is -3.21. The highest BCUT2D eigenvalue weighted by molar-refractivity contribution is 5.92. The Kier molecular flexibility index (Phi) is 5.59. The normalized spacial score (nSPS) is 11.6. The molecule has 0 aliphatic heterocycles. The third-order valence-electron chi connectivity index (χ3n) is 3.98. The smallest absolute Gasteiger partial charge is 0.270 e. The van der Waals surface area contributed by atoms with E-state index in [1.165, 1.54) is 0 Å². The first-order chi connectivity index (χ1) is 12.6. The lowest BCUT2D eigenvalue weighted by molar-refractivity contribution is 0.0934. The number of amides is 1. The predicted octanol–water partition coefficient (Wildman–Crippen LogP) is 3.86. The molecule has 0 spiro atoms. The Morgan fingerprint density at radius 2 is 1.92 bits per heavy atom. The summed E-state index contributed by atoms with van der Waals surface area (Å²) in [5.74, 6) is 0.592. The van der Waals surface area contributed by atoms with Crippen molar-refractivity contribution in [1.29, 1.82) is 0 Å². The summed E-state index contributed by atoms with van der Waals surface area (Å²) in [7, 11) is 0. The van der Waals surface area contributed by atoms with Crippen molar-refractivity contribution >= 4 is 5.91 Å². The number of benzene rings is 1. The summed E-state index contributed by atoms with van der Waals surface area (Å²) < 4.78 is 5.75. The molecular formula is C21H21N3O2. The van der Waals surface area contributed by atoms with E-state index in [1.54, 1.807) is 18.5 Å². The van der Waals surface area contributed by atoms with Gasteiger partial charge in [-0.3, -0.25) is 9.78 Å². The number of nitrogens with zero attached hydrogens (tertiary/aromatic N) is 2. The first-order valence-electron chi connectivity index (χ1n) is 8.48. The lowest BCUT2D eigenvalue weighted by atomic mass is 10.1. The van der Waals surface area contributed by atoms with Crippen molar-refractivity contribution in [1.82, 2.24) is 15.3 Å². The van der Waals surface area contributed by atoms with Crippen LogP contribution >= 0.6 is 0 Å². The highest BCUT2D eigenvalue weighted by Gasteiger charge is 2.12. The van der Waals surface area contributed by atoms with E-state index in [0.717, 1.165) is 22.6 Å². The number of pyridine rings is 2. The molecule has 5 nitrogen and oxygen atoms in total. The van der Waals surface area contributed by atoms with Gasteiger partial charge in [0.15, 0.2) is 0 Å². The summed E-state index contributed by atoms with van der Waals surface area (Å²) in [5.41, 5.74) is 3.26. The second kappa shape index (κ2) is 8.25. The average Bonchev–Trinajstić information content (AvgIpc) is 2.67. The van der Waals surface area contributed by atoms with Crippen molar-refractivity contribution in [2.45, 2.75) is 26.5 Å². The maximum atomic E-state index is 12.3. The molecule has 0 saturated carbocycles. The van der Waals surface area contributed by atoms with Gasteiger partial charge in [-0.05, 0) is 49.7 Å². The predicted molar refractivity (Wildman–Crippen MR) is 99.9 cm³/mol. The van der Waals surface area contributed by atoms with Crippen molar-refractivity contribution in [2.24, 2.45) is 0 Å². The van der Waals surface area contributed by atoms with Crippen molar-refractivity contribution in [3.05, 3.63) is 89.5 Å². The average molecular weight is 347 g/mol. The zero-order valence-corrected chi connectivity index (χ0v) is 14.8. The van der Waals surface area contributed by atoms with Gasteiger partial charge in [-0.15, -0.1) is 0 Å². The van der Waals surface area contributed by atoms with Crippen molar-refractivity contribution in [2.75, 3.05) is 0 Å². The van der Waals surface area contributed by atoms with Gasteiger partial charge in [0.25, 0.3) is 5.91 Å². The molecule has 0 bridgehead atoms. The second-order valence-electron chi connectivity index (χ2n) is 6.08. The highest BCUT2D eigenvalue weighted by Crippen LogP contribution is 2.19. The van der Waals surface area contributed by atoms with Crippen LogP contribution in [0.2, 0.25) is 0 Å². The summed E-state index contributed by atoms with van der Waals surface area (Å²) in [6, 6.07) is 16.8. The SMILES string of the molecule is Cc1cccc(C(=O)NC(C)c2ccc(OCc3cccnc3)cc2)n1. The molecule has 1 atom stereocenters. The zero-order valence-electron chi connectivity index (χ0n) is 14.8. The molecule has 0 aliphatic carbocycles. The van der Waals surface area contributed by atoms with E-state index >= 15 is 0 Å². The van der Waals surface area contributed by atoms with Crippen LogP contribution in [0.15, 0.2) is 67.0 Å². The van der Waals surface area contributed by atoms with E-state index in [4.69, 9.17) is 4.74 Å². The van der Waals surface area contributed by atoms with Gasteiger partial charge in [0, 0.05) is 23.7 Å². The number of hydrogen-bond acceptors (Lipinski definition) is 4. The van der Waals surface area contributed by atoms with Crippen molar-refractivity contribution < 1.29 is 9.53 Å². The summed E-state index contributed by atoms with van der Waals surface area (Å²) >= 11 is 0. The molecule has 0 aliphatic rings. The minimum Gasteiger partial charge on any atom is -0.489 e. The molecule has 1 unspecified atom stereocenters. The van der Waals surface area contributed by atoms with Gasteiger partial charge < -0.3 is 10.1 Å². The number of ether oxygens (including phenoxy) is 1. The van der Waals surface area contributed by atoms with Crippen LogP contribution in [0.25, 0.3) is 0 Å². The lowest BCUT2D eigenvalue weighted by Crippen LogP contribution is -2.27. The van der Waals surface area contributed by atoms with E-state index in [-0.39, 0.29) is 11.9 Å². The minimum atomic E-state index is -0.182. The molecule has 1 aromatic carbocycles. The Labute approximate surface area is 153 Å². The fourth-order valence-electron chi connectivity index (χ4n) is 2.53. The van der Waals surface area contributed by atoms with E-state index < -0.39 is 0 Å². The fourth-order valence-corrected chi connectivity index (χ4v) is 2.53. The quantitative estimate of drug-likeness (QED) is 0.735. The number of aryl methyl sites for hydroxylation is 1. The Balaban J connectivity index is 1.58. The van der Waals surface area contributed by atoms with Gasteiger partial charge in [-0.2, -0.15) is 0 Å². The van der Waals surface area contributed by atoms with Gasteiger partial charge in [-0.1, -0.05) is 24.3 Å². The first-order valence-corrected chi connectivity index (χ1v) is 8.48. The maximum Gasteiger partial charge on any atom is 0.270 e. The van der Waals surface area contributed by atoms with Gasteiger partial charge in [0.1, 0.15) is 18.1 Å². The van der Waals surface area contributed by atoms with E-state index in [9.17, 15) is 4.79 Å². The molecule has 5 heteroatoms. The molecule has 0 fully saturated rings. The summed E-state index contributed by atoms with van der Waals surface area (Å²) in [6.07, 6.45) is 3.52. The van der Waals surface area contributed by atoms with E-state index in [1.807, 2.05) is 62.4 Å². The van der Waals surface area contributed by atoms with Crippen LogP contribution in [0.1, 0.15) is 40.3 Å². The topological polar surface area (TPSA) is 64.1 Å². The fraction of sp³-hybridized carbons (Fsp3) is 0.190. The molecule has 3 rings (SSSR count). The van der Waals surface area contributed by atoms with Crippen molar-refractivity contribution in [3.63, 3.8) is 0 Å². The molecular weight excluding hydrogens is 326 g/mol. The Morgan fingerprint density at radius 3 is 2.62 bits per heavy atom. The number of carbonyl (C=O) groups is 1. The highest BCUT2D eigenvalue weighted by atomic mass is 16.5. The standard InChI is InChI=1S/C21H21N3O2/c1-15-5-3-7-20(23-15)21(25)24-16(2)18-8-10-19(11-9-18)26-14-17-6-4-12-22-13-17/h3-13,16H,14H2,1-2H3,(H,24,25). The third-order valence-corrected chi connectivity index (χ3v) is 3.98. The molecule has 1 amide bonds. The van der Waals surface area contributed by atoms with Gasteiger partial charge in [-0.25, -0.2) is 4.98 Å². The van der Waals surface area contributed by atoms with Gasteiger partial charge in [0.05, 0.1) is 6.04 Å². The molecule has 1 N–H and O–H groups in total. The molecule has 26 heavy (non-hydrogen) atoms. The summed E-state index contributed by atoms with van der Waals surface area (Å²) in [6.45, 7) is 4.28. The van der Waals surface area contributed by atoms with Crippen LogP contribution in [-0.2, 0) is 6.61 Å². The minimum absolute atomic E-state index is 0.128. The van der Waals surface area contributed by atoms with Crippen LogP contribution in [-0.4, -0.2) is 15.9 Å². The van der Waals surface area contributed by atoms with Gasteiger partial charge in [0.2, 0.25) is 0 Å². The number of rotatable bonds is 6. The van der Waals surface area contributed by atoms with Crippen LogP contribution in [0.3, 0.4) is 0 Å². The van der Waals surface area contributed by atoms with E-state index in [0.29, 0.717) is 12.3 Å². The largest absolute Gasteiger partial charge is 0.489 e. The first kappa shape index (κ1) is 17.6. The van der Waals surface area contributed by atoms with Crippen LogP contribution in [0.4, 0.5) is 0 Å². The molecule has 2 aromatic heterocycles. The number of nitrogens with one attached hydrogen (secondary N) is 1. The molecule has 2 heterocycles. The monoisotopic (exact) mass is 347 g/mol. The summed E-state index contributed by atoms with van der Waals surface area (Å²) in [4.78, 5) is 20.6. The van der Waals surface area contributed by atoms with Crippen LogP contribution < -0.4 is 10.1 Å². The summed E-state index contributed by atoms with van der Waals surface area (Å²) in [5, 5.41) is 2.97. The molecule has 0 saturated heterocycles. The maximum absolute atomic E-state index is 12.3. The second-order valence-corrected chi connectivity index (χ2v) is 6.08. The Bertz CT molecular complexity index is 864. The number of hydrogen-bond donors (Lipinski definition) is 1. The Morgan fingerprint density at radius 1 is 1.12 bits per heavy atom. The molecule has 3 aromatic rings.